The molecule has 2 aliphatic rings. The SMILES string of the molecule is N[C@@H]1CC(C2CCOC2)Oc2ccc(Cl)cc21. The van der Waals surface area contributed by atoms with Crippen molar-refractivity contribution in [1.29, 1.82) is 0 Å². The lowest BCUT2D eigenvalue weighted by Gasteiger charge is -2.33. The molecule has 0 amide bonds. The first-order valence-corrected chi connectivity index (χ1v) is 6.41. The van der Waals surface area contributed by atoms with Crippen molar-refractivity contribution in [2.75, 3.05) is 13.2 Å². The van der Waals surface area contributed by atoms with Gasteiger partial charge in [-0.05, 0) is 24.6 Å². The van der Waals surface area contributed by atoms with Crippen LogP contribution in [-0.2, 0) is 4.74 Å². The topological polar surface area (TPSA) is 44.5 Å². The summed E-state index contributed by atoms with van der Waals surface area (Å²) in [4.78, 5) is 0. The van der Waals surface area contributed by atoms with Gasteiger partial charge in [-0.15, -0.1) is 0 Å². The fraction of sp³-hybridized carbons (Fsp3) is 0.538. The standard InChI is InChI=1S/C13H16ClNO2/c14-9-1-2-12-10(5-9)11(15)6-13(17-12)8-3-4-16-7-8/h1-2,5,8,11,13H,3-4,6-7,15H2/t8?,11-,13?/m1/s1. The zero-order chi connectivity index (χ0) is 11.8. The van der Waals surface area contributed by atoms with E-state index >= 15 is 0 Å². The van der Waals surface area contributed by atoms with E-state index in [4.69, 9.17) is 26.8 Å². The first-order valence-electron chi connectivity index (χ1n) is 6.03. The maximum absolute atomic E-state index is 6.19. The Bertz CT molecular complexity index is 418. The molecule has 3 atom stereocenters. The van der Waals surface area contributed by atoms with Crippen molar-refractivity contribution in [2.45, 2.75) is 25.0 Å². The molecule has 0 saturated carbocycles. The third kappa shape index (κ3) is 2.15. The molecule has 0 aliphatic carbocycles. The third-order valence-electron chi connectivity index (χ3n) is 3.63. The van der Waals surface area contributed by atoms with Crippen LogP contribution in [0.4, 0.5) is 0 Å². The van der Waals surface area contributed by atoms with Crippen LogP contribution in [0.1, 0.15) is 24.4 Å². The van der Waals surface area contributed by atoms with Gasteiger partial charge in [0.15, 0.2) is 0 Å². The van der Waals surface area contributed by atoms with E-state index in [9.17, 15) is 0 Å². The van der Waals surface area contributed by atoms with Gasteiger partial charge in [-0.3, -0.25) is 0 Å². The first kappa shape index (κ1) is 11.3. The number of halogens is 1. The summed E-state index contributed by atoms with van der Waals surface area (Å²) >= 11 is 5.97. The van der Waals surface area contributed by atoms with Gasteiger partial charge in [0.05, 0.1) is 6.61 Å². The van der Waals surface area contributed by atoms with E-state index in [1.165, 1.54) is 0 Å². The van der Waals surface area contributed by atoms with Crippen molar-refractivity contribution in [3.05, 3.63) is 28.8 Å². The number of ether oxygens (including phenoxy) is 2. The predicted octanol–water partition coefficient (Wildman–Crippen LogP) is 2.53. The Hall–Kier alpha value is -0.770. The second-order valence-corrected chi connectivity index (χ2v) is 5.24. The molecule has 0 spiro atoms. The quantitative estimate of drug-likeness (QED) is 0.837. The zero-order valence-electron chi connectivity index (χ0n) is 9.56. The highest BCUT2D eigenvalue weighted by Crippen LogP contribution is 2.38. The van der Waals surface area contributed by atoms with Gasteiger partial charge in [0, 0.05) is 35.6 Å². The molecule has 0 bridgehead atoms. The lowest BCUT2D eigenvalue weighted by Crippen LogP contribution is -2.35. The second-order valence-electron chi connectivity index (χ2n) is 4.80. The minimum Gasteiger partial charge on any atom is -0.490 e. The average Bonchev–Trinajstić information content (AvgIpc) is 2.83. The summed E-state index contributed by atoms with van der Waals surface area (Å²) in [6.07, 6.45) is 2.10. The van der Waals surface area contributed by atoms with Crippen molar-refractivity contribution in [2.24, 2.45) is 11.7 Å². The summed E-state index contributed by atoms with van der Waals surface area (Å²) in [6.45, 7) is 1.63. The van der Waals surface area contributed by atoms with Crippen LogP contribution in [-0.4, -0.2) is 19.3 Å². The molecule has 92 valence electrons. The van der Waals surface area contributed by atoms with E-state index in [1.807, 2.05) is 18.2 Å². The summed E-state index contributed by atoms with van der Waals surface area (Å²) in [6, 6.07) is 5.69. The van der Waals surface area contributed by atoms with Gasteiger partial charge in [0.25, 0.3) is 0 Å². The number of rotatable bonds is 1. The molecule has 3 rings (SSSR count). The van der Waals surface area contributed by atoms with Gasteiger partial charge < -0.3 is 15.2 Å². The molecule has 2 aliphatic heterocycles. The second kappa shape index (κ2) is 4.48. The minimum atomic E-state index is 0.0167. The highest BCUT2D eigenvalue weighted by molar-refractivity contribution is 6.30. The fourth-order valence-electron chi connectivity index (χ4n) is 2.64. The summed E-state index contributed by atoms with van der Waals surface area (Å²) in [7, 11) is 0. The van der Waals surface area contributed by atoms with E-state index < -0.39 is 0 Å². The molecule has 1 aromatic carbocycles. The smallest absolute Gasteiger partial charge is 0.124 e. The average molecular weight is 254 g/mol. The van der Waals surface area contributed by atoms with E-state index in [2.05, 4.69) is 0 Å². The molecule has 3 nitrogen and oxygen atoms in total. The molecule has 2 unspecified atom stereocenters. The summed E-state index contributed by atoms with van der Waals surface area (Å²) in [5.41, 5.74) is 7.21. The number of nitrogens with two attached hydrogens (primary N) is 1. The summed E-state index contributed by atoms with van der Waals surface area (Å²) in [5, 5.41) is 0.713. The number of benzene rings is 1. The van der Waals surface area contributed by atoms with Crippen LogP contribution in [0.25, 0.3) is 0 Å². The summed E-state index contributed by atoms with van der Waals surface area (Å²) < 4.78 is 11.4. The Morgan fingerprint density at radius 1 is 1.35 bits per heavy atom. The number of hydrogen-bond acceptors (Lipinski definition) is 3. The van der Waals surface area contributed by atoms with Crippen LogP contribution in [0.5, 0.6) is 5.75 Å². The van der Waals surface area contributed by atoms with Crippen LogP contribution in [0.3, 0.4) is 0 Å². The molecule has 1 saturated heterocycles. The molecule has 17 heavy (non-hydrogen) atoms. The molecular weight excluding hydrogens is 238 g/mol. The van der Waals surface area contributed by atoms with Gasteiger partial charge in [-0.2, -0.15) is 0 Å². The van der Waals surface area contributed by atoms with Gasteiger partial charge in [-0.1, -0.05) is 11.6 Å². The first-order chi connectivity index (χ1) is 8.24. The van der Waals surface area contributed by atoms with Crippen LogP contribution in [0, 0.1) is 5.92 Å². The molecule has 1 fully saturated rings. The van der Waals surface area contributed by atoms with Crippen LogP contribution in [0.15, 0.2) is 18.2 Å². The molecule has 2 N–H and O–H groups in total. The van der Waals surface area contributed by atoms with Crippen LogP contribution >= 0.6 is 11.6 Å². The largest absolute Gasteiger partial charge is 0.490 e. The molecule has 0 aromatic heterocycles. The van der Waals surface area contributed by atoms with Crippen molar-refractivity contribution >= 4 is 11.6 Å². The van der Waals surface area contributed by atoms with Gasteiger partial charge in [0.2, 0.25) is 0 Å². The zero-order valence-corrected chi connectivity index (χ0v) is 10.3. The normalized spacial score (nSPS) is 32.0. The van der Waals surface area contributed by atoms with Crippen molar-refractivity contribution in [3.63, 3.8) is 0 Å². The lowest BCUT2D eigenvalue weighted by molar-refractivity contribution is 0.0855. The minimum absolute atomic E-state index is 0.0167. The lowest BCUT2D eigenvalue weighted by atomic mass is 9.90. The highest BCUT2D eigenvalue weighted by Gasteiger charge is 2.33. The molecule has 1 aromatic rings. The van der Waals surface area contributed by atoms with E-state index in [-0.39, 0.29) is 12.1 Å². The Labute approximate surface area is 106 Å². The molecule has 4 heteroatoms. The molecule has 0 radical (unpaired) electrons. The maximum atomic E-state index is 6.19. The Kier molecular flexibility index (Phi) is 2.99. The maximum Gasteiger partial charge on any atom is 0.124 e. The highest BCUT2D eigenvalue weighted by atomic mass is 35.5. The van der Waals surface area contributed by atoms with Crippen LogP contribution in [0.2, 0.25) is 5.02 Å². The number of hydrogen-bond donors (Lipinski definition) is 1. The number of fused-ring (bicyclic) bond motifs is 1. The van der Waals surface area contributed by atoms with Gasteiger partial charge in [-0.25, -0.2) is 0 Å². The molecule has 2 heterocycles. The Morgan fingerprint density at radius 2 is 2.24 bits per heavy atom. The van der Waals surface area contributed by atoms with E-state index in [1.54, 1.807) is 0 Å². The van der Waals surface area contributed by atoms with Crippen LogP contribution < -0.4 is 10.5 Å². The predicted molar refractivity (Wildman–Crippen MR) is 66.3 cm³/mol. The van der Waals surface area contributed by atoms with Crippen molar-refractivity contribution in [3.8, 4) is 5.75 Å². The van der Waals surface area contributed by atoms with Gasteiger partial charge >= 0.3 is 0 Å². The van der Waals surface area contributed by atoms with Gasteiger partial charge in [0.1, 0.15) is 11.9 Å². The van der Waals surface area contributed by atoms with E-state index in [0.29, 0.717) is 10.9 Å². The third-order valence-corrected chi connectivity index (χ3v) is 3.86. The molecular formula is C13H16ClNO2. The van der Waals surface area contributed by atoms with Crippen molar-refractivity contribution < 1.29 is 9.47 Å². The summed E-state index contributed by atoms with van der Waals surface area (Å²) in [5.74, 6) is 1.36. The monoisotopic (exact) mass is 253 g/mol. The Balaban J connectivity index is 1.84. The fourth-order valence-corrected chi connectivity index (χ4v) is 2.82. The Morgan fingerprint density at radius 3 is 3.00 bits per heavy atom. The van der Waals surface area contributed by atoms with Crippen molar-refractivity contribution in [1.82, 2.24) is 0 Å². The van der Waals surface area contributed by atoms with E-state index in [0.717, 1.165) is 37.4 Å².